The van der Waals surface area contributed by atoms with Crippen molar-refractivity contribution in [3.8, 4) is 0 Å². The molecule has 0 spiro atoms. The lowest BCUT2D eigenvalue weighted by molar-refractivity contribution is 0.0939. The van der Waals surface area contributed by atoms with Crippen LogP contribution in [0.4, 0.5) is 0 Å². The molecular weight excluding hydrogens is 202 g/mol. The Hall–Kier alpha value is -0.900. The smallest absolute Gasteiger partial charge is 0.0633 e. The number of hydrogen-bond acceptors (Lipinski definition) is 3. The zero-order valence-electron chi connectivity index (χ0n) is 9.61. The number of rotatable bonds is 4. The van der Waals surface area contributed by atoms with Crippen molar-refractivity contribution in [2.45, 2.75) is 31.3 Å². The highest BCUT2D eigenvalue weighted by Crippen LogP contribution is 2.32. The van der Waals surface area contributed by atoms with Crippen LogP contribution in [0, 0.1) is 0 Å². The van der Waals surface area contributed by atoms with Gasteiger partial charge in [-0.2, -0.15) is 0 Å². The molecule has 3 N–H and O–H groups in total. The van der Waals surface area contributed by atoms with Crippen LogP contribution in [0.15, 0.2) is 24.3 Å². The van der Waals surface area contributed by atoms with E-state index in [1.807, 2.05) is 13.0 Å². The molecule has 0 fully saturated rings. The van der Waals surface area contributed by atoms with Crippen molar-refractivity contribution in [1.82, 2.24) is 5.32 Å². The second-order valence-electron chi connectivity index (χ2n) is 4.81. The Balaban J connectivity index is 2.14. The lowest BCUT2D eigenvalue weighted by Gasteiger charge is -2.30. The predicted octanol–water partition coefficient (Wildman–Crippen LogP) is 1.01. The first-order valence-corrected chi connectivity index (χ1v) is 5.76. The van der Waals surface area contributed by atoms with Gasteiger partial charge in [0.05, 0.1) is 18.8 Å². The molecule has 0 radical (unpaired) electrons. The molecule has 1 atom stereocenters. The fourth-order valence-electron chi connectivity index (χ4n) is 2.27. The summed E-state index contributed by atoms with van der Waals surface area (Å²) in [6, 6.07) is 8.61. The quantitative estimate of drug-likeness (QED) is 0.711. The minimum atomic E-state index is -0.595. The lowest BCUT2D eigenvalue weighted by Crippen LogP contribution is -2.50. The molecule has 1 aromatic rings. The number of nitrogens with one attached hydrogen (secondary N) is 1. The van der Waals surface area contributed by atoms with E-state index in [2.05, 4.69) is 23.5 Å². The summed E-state index contributed by atoms with van der Waals surface area (Å²) in [7, 11) is 0. The van der Waals surface area contributed by atoms with E-state index in [1.54, 1.807) is 0 Å². The zero-order valence-corrected chi connectivity index (χ0v) is 9.61. The Labute approximate surface area is 96.1 Å². The van der Waals surface area contributed by atoms with E-state index in [9.17, 15) is 10.2 Å². The molecule has 2 rings (SSSR count). The van der Waals surface area contributed by atoms with E-state index in [-0.39, 0.29) is 19.3 Å². The van der Waals surface area contributed by atoms with Gasteiger partial charge in [0, 0.05) is 6.04 Å². The molecule has 0 aromatic heterocycles. The summed E-state index contributed by atoms with van der Waals surface area (Å²) in [4.78, 5) is 0. The number of aliphatic hydroxyl groups excluding tert-OH is 2. The van der Waals surface area contributed by atoms with Gasteiger partial charge in [-0.3, -0.25) is 0 Å². The first-order valence-electron chi connectivity index (χ1n) is 5.76. The van der Waals surface area contributed by atoms with Crippen LogP contribution in [0.25, 0.3) is 0 Å². The third kappa shape index (κ3) is 2.12. The van der Waals surface area contributed by atoms with Gasteiger partial charge < -0.3 is 15.5 Å². The lowest BCUT2D eigenvalue weighted by atomic mass is 10.0. The second kappa shape index (κ2) is 4.53. The topological polar surface area (TPSA) is 52.5 Å². The van der Waals surface area contributed by atoms with E-state index in [4.69, 9.17) is 0 Å². The van der Waals surface area contributed by atoms with Crippen LogP contribution in [-0.2, 0) is 6.42 Å². The van der Waals surface area contributed by atoms with Crippen LogP contribution < -0.4 is 5.32 Å². The Morgan fingerprint density at radius 2 is 2.00 bits per heavy atom. The summed E-state index contributed by atoms with van der Waals surface area (Å²) in [5.41, 5.74) is 2.08. The third-order valence-corrected chi connectivity index (χ3v) is 3.35. The predicted molar refractivity (Wildman–Crippen MR) is 63.2 cm³/mol. The molecule has 88 valence electrons. The molecule has 1 aliphatic carbocycles. The molecule has 1 unspecified atom stereocenters. The fraction of sp³-hybridized carbons (Fsp3) is 0.538. The highest BCUT2D eigenvalue weighted by atomic mass is 16.3. The molecule has 0 bridgehead atoms. The largest absolute Gasteiger partial charge is 0.394 e. The molecule has 16 heavy (non-hydrogen) atoms. The summed E-state index contributed by atoms with van der Waals surface area (Å²) in [6.45, 7) is 1.73. The van der Waals surface area contributed by atoms with Gasteiger partial charge in [0.2, 0.25) is 0 Å². The molecule has 3 nitrogen and oxygen atoms in total. The Bertz CT molecular complexity index is 361. The van der Waals surface area contributed by atoms with Crippen LogP contribution in [-0.4, -0.2) is 29.0 Å². The summed E-state index contributed by atoms with van der Waals surface area (Å²) >= 11 is 0. The van der Waals surface area contributed by atoms with Gasteiger partial charge in [-0.15, -0.1) is 0 Å². The first kappa shape index (κ1) is 11.6. The van der Waals surface area contributed by atoms with Crippen molar-refractivity contribution >= 4 is 0 Å². The molecule has 1 aliphatic rings. The molecule has 1 aromatic carbocycles. The minimum absolute atomic E-state index is 0.0534. The number of fused-ring (bicyclic) bond motifs is 1. The highest BCUT2D eigenvalue weighted by molar-refractivity contribution is 5.34. The summed E-state index contributed by atoms with van der Waals surface area (Å²) in [6.07, 6.45) is 2.11. The molecular formula is C13H19NO2. The molecule has 0 aliphatic heterocycles. The summed E-state index contributed by atoms with van der Waals surface area (Å²) < 4.78 is 0. The standard InChI is InChI=1S/C13H19NO2/c1-13(8-15,9-16)14-12-7-6-10-4-2-3-5-11(10)12/h2-5,12,14-16H,6-9H2,1H3. The van der Waals surface area contributed by atoms with Crippen molar-refractivity contribution in [2.24, 2.45) is 0 Å². The zero-order chi connectivity index (χ0) is 11.6. The Morgan fingerprint density at radius 1 is 1.31 bits per heavy atom. The normalized spacial score (nSPS) is 19.8. The van der Waals surface area contributed by atoms with Gasteiger partial charge in [-0.05, 0) is 30.9 Å². The monoisotopic (exact) mass is 221 g/mol. The van der Waals surface area contributed by atoms with Crippen LogP contribution in [0.3, 0.4) is 0 Å². The van der Waals surface area contributed by atoms with Crippen molar-refractivity contribution in [3.63, 3.8) is 0 Å². The van der Waals surface area contributed by atoms with Crippen molar-refractivity contribution in [2.75, 3.05) is 13.2 Å². The molecule has 0 saturated heterocycles. The molecule has 3 heteroatoms. The summed E-state index contributed by atoms with van der Waals surface area (Å²) in [5, 5.41) is 21.9. The average Bonchev–Trinajstić information content (AvgIpc) is 2.73. The van der Waals surface area contributed by atoms with Gasteiger partial charge in [-0.25, -0.2) is 0 Å². The van der Waals surface area contributed by atoms with Crippen LogP contribution >= 0.6 is 0 Å². The van der Waals surface area contributed by atoms with E-state index < -0.39 is 5.54 Å². The van der Waals surface area contributed by atoms with Gasteiger partial charge in [0.15, 0.2) is 0 Å². The molecule has 0 amide bonds. The van der Waals surface area contributed by atoms with E-state index >= 15 is 0 Å². The number of benzene rings is 1. The fourth-order valence-corrected chi connectivity index (χ4v) is 2.27. The Kier molecular flexibility index (Phi) is 3.28. The average molecular weight is 221 g/mol. The van der Waals surface area contributed by atoms with E-state index in [1.165, 1.54) is 11.1 Å². The summed E-state index contributed by atoms with van der Waals surface area (Å²) in [5.74, 6) is 0. The van der Waals surface area contributed by atoms with Crippen LogP contribution in [0.5, 0.6) is 0 Å². The highest BCUT2D eigenvalue weighted by Gasteiger charge is 2.30. The van der Waals surface area contributed by atoms with E-state index in [0.29, 0.717) is 0 Å². The van der Waals surface area contributed by atoms with E-state index in [0.717, 1.165) is 12.8 Å². The minimum Gasteiger partial charge on any atom is -0.394 e. The Morgan fingerprint density at radius 3 is 2.69 bits per heavy atom. The molecule has 0 saturated carbocycles. The van der Waals surface area contributed by atoms with Gasteiger partial charge in [0.25, 0.3) is 0 Å². The maximum absolute atomic E-state index is 9.27. The number of aliphatic hydroxyl groups is 2. The van der Waals surface area contributed by atoms with Crippen LogP contribution in [0.1, 0.15) is 30.5 Å². The number of hydrogen-bond donors (Lipinski definition) is 3. The van der Waals surface area contributed by atoms with Gasteiger partial charge in [-0.1, -0.05) is 24.3 Å². The van der Waals surface area contributed by atoms with Crippen molar-refractivity contribution in [3.05, 3.63) is 35.4 Å². The van der Waals surface area contributed by atoms with Crippen molar-refractivity contribution in [1.29, 1.82) is 0 Å². The SMILES string of the molecule is CC(CO)(CO)NC1CCc2ccccc21. The van der Waals surface area contributed by atoms with Crippen LogP contribution in [0.2, 0.25) is 0 Å². The van der Waals surface area contributed by atoms with Gasteiger partial charge >= 0.3 is 0 Å². The second-order valence-corrected chi connectivity index (χ2v) is 4.81. The molecule has 0 heterocycles. The van der Waals surface area contributed by atoms with Crippen molar-refractivity contribution < 1.29 is 10.2 Å². The number of aryl methyl sites for hydroxylation is 1. The third-order valence-electron chi connectivity index (χ3n) is 3.35. The first-order chi connectivity index (χ1) is 7.68. The maximum Gasteiger partial charge on any atom is 0.0633 e. The van der Waals surface area contributed by atoms with Gasteiger partial charge in [0.1, 0.15) is 0 Å². The maximum atomic E-state index is 9.27.